The van der Waals surface area contributed by atoms with E-state index in [4.69, 9.17) is 0 Å². The van der Waals surface area contributed by atoms with Crippen LogP contribution in [0.15, 0.2) is 23.4 Å². The summed E-state index contributed by atoms with van der Waals surface area (Å²) in [4.78, 5) is 3.38. The minimum absolute atomic E-state index is 0.0670. The van der Waals surface area contributed by atoms with E-state index in [0.29, 0.717) is 12.2 Å². The van der Waals surface area contributed by atoms with Crippen molar-refractivity contribution in [2.75, 3.05) is 13.1 Å². The van der Waals surface area contributed by atoms with Gasteiger partial charge in [0.1, 0.15) is 28.7 Å². The molecule has 2 aromatic rings. The number of aromatic nitrogens is 3. The largest absolute Gasteiger partial charge is 0.263 e. The number of H-pyrrole nitrogens is 1. The van der Waals surface area contributed by atoms with E-state index in [0.717, 1.165) is 16.4 Å². The molecule has 0 amide bonds. The summed E-state index contributed by atoms with van der Waals surface area (Å²) >= 11 is 0. The molecule has 118 valence electrons. The first-order valence-electron chi connectivity index (χ1n) is 6.70. The number of sulfonamides is 1. The summed E-state index contributed by atoms with van der Waals surface area (Å²) in [6.07, 6.45) is 1.89. The van der Waals surface area contributed by atoms with Crippen molar-refractivity contribution in [1.29, 1.82) is 0 Å². The van der Waals surface area contributed by atoms with Crippen LogP contribution in [0.4, 0.5) is 8.78 Å². The summed E-state index contributed by atoms with van der Waals surface area (Å²) in [5.74, 6) is -1.23. The quantitative estimate of drug-likeness (QED) is 0.927. The molecule has 3 rings (SSSR count). The normalized spacial score (nSPS) is 19.7. The van der Waals surface area contributed by atoms with Gasteiger partial charge in [-0.05, 0) is 31.0 Å². The van der Waals surface area contributed by atoms with E-state index in [1.165, 1.54) is 13.3 Å². The molecular formula is C13H14F2N4O2S. The fourth-order valence-electron chi connectivity index (χ4n) is 2.55. The van der Waals surface area contributed by atoms with Gasteiger partial charge in [0.05, 0.1) is 0 Å². The third-order valence-corrected chi connectivity index (χ3v) is 5.68. The third kappa shape index (κ3) is 2.50. The number of halogens is 2. The van der Waals surface area contributed by atoms with Crippen LogP contribution in [-0.4, -0.2) is 41.0 Å². The highest BCUT2D eigenvalue weighted by atomic mass is 32.2. The highest BCUT2D eigenvalue weighted by molar-refractivity contribution is 7.89. The molecule has 1 aliphatic rings. The molecule has 1 N–H and O–H groups in total. The number of hydrogen-bond acceptors (Lipinski definition) is 4. The number of aromatic amines is 1. The minimum Gasteiger partial charge on any atom is -0.263 e. The Bertz CT molecular complexity index is 793. The van der Waals surface area contributed by atoms with Crippen LogP contribution < -0.4 is 0 Å². The Hall–Kier alpha value is -1.87. The maximum absolute atomic E-state index is 13.9. The van der Waals surface area contributed by atoms with Crippen LogP contribution in [0.2, 0.25) is 0 Å². The van der Waals surface area contributed by atoms with Gasteiger partial charge in [0.2, 0.25) is 10.0 Å². The molecule has 22 heavy (non-hydrogen) atoms. The Morgan fingerprint density at radius 3 is 2.77 bits per heavy atom. The molecule has 1 fully saturated rings. The second-order valence-corrected chi connectivity index (χ2v) is 7.16. The molecule has 1 saturated heterocycles. The van der Waals surface area contributed by atoms with Gasteiger partial charge in [0.15, 0.2) is 0 Å². The van der Waals surface area contributed by atoms with Gasteiger partial charge in [-0.25, -0.2) is 22.2 Å². The van der Waals surface area contributed by atoms with Crippen LogP contribution in [0.5, 0.6) is 0 Å². The zero-order valence-electron chi connectivity index (χ0n) is 11.8. The molecule has 0 spiro atoms. The molecule has 1 atom stereocenters. The van der Waals surface area contributed by atoms with Crippen LogP contribution in [0, 0.1) is 18.6 Å². The van der Waals surface area contributed by atoms with E-state index in [1.807, 2.05) is 0 Å². The van der Waals surface area contributed by atoms with Crippen LogP contribution in [0.25, 0.3) is 0 Å². The van der Waals surface area contributed by atoms with Gasteiger partial charge in [0.25, 0.3) is 0 Å². The lowest BCUT2D eigenvalue weighted by Gasteiger charge is -2.17. The number of hydrogen-bond donors (Lipinski definition) is 1. The highest BCUT2D eigenvalue weighted by Crippen LogP contribution is 2.30. The molecule has 1 aliphatic heterocycles. The first kappa shape index (κ1) is 15.0. The maximum atomic E-state index is 13.9. The standard InChI is InChI=1S/C13H14F2N4O2S/c1-8-4-11(15)12(5-10(8)14)22(20,21)19-3-2-9(6-19)13-16-7-17-18-13/h4-5,7,9H,2-3,6H2,1H3,(H,16,17,18). The first-order chi connectivity index (χ1) is 10.4. The van der Waals surface area contributed by atoms with Crippen LogP contribution in [0.1, 0.15) is 23.7 Å². The summed E-state index contributed by atoms with van der Waals surface area (Å²) < 4.78 is 53.7. The van der Waals surface area contributed by atoms with Crippen molar-refractivity contribution in [1.82, 2.24) is 19.5 Å². The molecule has 6 nitrogen and oxygen atoms in total. The van der Waals surface area contributed by atoms with E-state index in [2.05, 4.69) is 15.2 Å². The van der Waals surface area contributed by atoms with Gasteiger partial charge in [0, 0.05) is 19.0 Å². The number of nitrogens with one attached hydrogen (secondary N) is 1. The summed E-state index contributed by atoms with van der Waals surface area (Å²) in [6.45, 7) is 1.76. The van der Waals surface area contributed by atoms with Crippen molar-refractivity contribution in [3.05, 3.63) is 41.5 Å². The third-order valence-electron chi connectivity index (χ3n) is 3.80. The Labute approximate surface area is 126 Å². The molecule has 0 radical (unpaired) electrons. The van der Waals surface area contributed by atoms with E-state index >= 15 is 0 Å². The molecule has 0 saturated carbocycles. The lowest BCUT2D eigenvalue weighted by Crippen LogP contribution is -2.29. The van der Waals surface area contributed by atoms with Gasteiger partial charge in [-0.1, -0.05) is 0 Å². The van der Waals surface area contributed by atoms with Crippen molar-refractivity contribution in [3.63, 3.8) is 0 Å². The molecular weight excluding hydrogens is 314 g/mol. The van der Waals surface area contributed by atoms with E-state index in [9.17, 15) is 17.2 Å². The monoisotopic (exact) mass is 328 g/mol. The summed E-state index contributed by atoms with van der Waals surface area (Å²) in [6, 6.07) is 1.63. The van der Waals surface area contributed by atoms with Crippen molar-refractivity contribution >= 4 is 10.0 Å². The summed E-state index contributed by atoms with van der Waals surface area (Å²) in [5.41, 5.74) is 0.0670. The number of rotatable bonds is 3. The zero-order chi connectivity index (χ0) is 15.9. The minimum atomic E-state index is -4.08. The molecule has 0 bridgehead atoms. The predicted molar refractivity (Wildman–Crippen MR) is 73.6 cm³/mol. The smallest absolute Gasteiger partial charge is 0.246 e. The second-order valence-electron chi connectivity index (χ2n) is 5.25. The van der Waals surface area contributed by atoms with Gasteiger partial charge in [-0.3, -0.25) is 5.10 Å². The molecule has 0 aliphatic carbocycles. The van der Waals surface area contributed by atoms with Crippen LogP contribution >= 0.6 is 0 Å². The predicted octanol–water partition coefficient (Wildman–Crippen LogP) is 1.57. The topological polar surface area (TPSA) is 79.0 Å². The van der Waals surface area contributed by atoms with Gasteiger partial charge in [-0.2, -0.15) is 9.40 Å². The molecule has 1 aromatic heterocycles. The second kappa shape index (κ2) is 5.40. The molecule has 9 heteroatoms. The van der Waals surface area contributed by atoms with Gasteiger partial charge >= 0.3 is 0 Å². The molecule has 2 heterocycles. The lowest BCUT2D eigenvalue weighted by molar-refractivity contribution is 0.462. The SMILES string of the molecule is Cc1cc(F)c(S(=O)(=O)N2CCC(c3ncn[nH]3)C2)cc1F. The van der Waals surface area contributed by atoms with Gasteiger partial charge in [-0.15, -0.1) is 0 Å². The van der Waals surface area contributed by atoms with E-state index in [1.54, 1.807) is 0 Å². The molecule has 1 aromatic carbocycles. The number of benzene rings is 1. The van der Waals surface area contributed by atoms with Crippen molar-refractivity contribution < 1.29 is 17.2 Å². The van der Waals surface area contributed by atoms with Crippen molar-refractivity contribution in [2.45, 2.75) is 24.2 Å². The Balaban J connectivity index is 1.90. The Kier molecular flexibility index (Phi) is 3.69. The highest BCUT2D eigenvalue weighted by Gasteiger charge is 2.36. The molecule has 1 unspecified atom stereocenters. The van der Waals surface area contributed by atoms with Crippen molar-refractivity contribution in [3.8, 4) is 0 Å². The summed E-state index contributed by atoms with van der Waals surface area (Å²) in [5, 5.41) is 6.44. The summed E-state index contributed by atoms with van der Waals surface area (Å²) in [7, 11) is -4.08. The fourth-order valence-corrected chi connectivity index (χ4v) is 4.10. The van der Waals surface area contributed by atoms with Crippen LogP contribution in [0.3, 0.4) is 0 Å². The van der Waals surface area contributed by atoms with E-state index in [-0.39, 0.29) is 24.6 Å². The Morgan fingerprint density at radius 2 is 2.09 bits per heavy atom. The van der Waals surface area contributed by atoms with Crippen LogP contribution in [-0.2, 0) is 10.0 Å². The first-order valence-corrected chi connectivity index (χ1v) is 8.14. The lowest BCUT2D eigenvalue weighted by atomic mass is 10.1. The van der Waals surface area contributed by atoms with E-state index < -0.39 is 26.6 Å². The Morgan fingerprint density at radius 1 is 1.32 bits per heavy atom. The number of aryl methyl sites for hydroxylation is 1. The fraction of sp³-hybridized carbons (Fsp3) is 0.385. The number of nitrogens with zero attached hydrogens (tertiary/aromatic N) is 3. The average Bonchev–Trinajstić information content (AvgIpc) is 3.12. The average molecular weight is 328 g/mol. The van der Waals surface area contributed by atoms with Gasteiger partial charge < -0.3 is 0 Å². The maximum Gasteiger partial charge on any atom is 0.246 e. The zero-order valence-corrected chi connectivity index (χ0v) is 12.6. The van der Waals surface area contributed by atoms with Crippen molar-refractivity contribution in [2.24, 2.45) is 0 Å².